The Morgan fingerprint density at radius 2 is 1.94 bits per heavy atom. The highest BCUT2D eigenvalue weighted by Crippen LogP contribution is 2.20. The van der Waals surface area contributed by atoms with Crippen molar-refractivity contribution in [3.63, 3.8) is 0 Å². The van der Waals surface area contributed by atoms with Gasteiger partial charge in [0.15, 0.2) is 0 Å². The van der Waals surface area contributed by atoms with Crippen LogP contribution in [0.15, 0.2) is 18.2 Å². The minimum atomic E-state index is -0.780. The van der Waals surface area contributed by atoms with Gasteiger partial charge in [0.25, 0.3) is 0 Å². The molecule has 0 bridgehead atoms. The minimum absolute atomic E-state index is 0.193. The summed E-state index contributed by atoms with van der Waals surface area (Å²) in [5, 5.41) is 3.67. The van der Waals surface area contributed by atoms with E-state index in [1.807, 2.05) is 13.8 Å². The number of hydrogen-bond acceptors (Lipinski definition) is 2. The van der Waals surface area contributed by atoms with Gasteiger partial charge < -0.3 is 5.32 Å². The summed E-state index contributed by atoms with van der Waals surface area (Å²) in [6, 6.07) is 6.68. The van der Waals surface area contributed by atoms with Crippen molar-refractivity contribution in [1.29, 1.82) is 0 Å². The second kappa shape index (κ2) is 7.05. The summed E-state index contributed by atoms with van der Waals surface area (Å²) >= 11 is 0. The van der Waals surface area contributed by atoms with Crippen molar-refractivity contribution < 1.29 is 4.21 Å². The third-order valence-corrected chi connectivity index (χ3v) is 4.82. The van der Waals surface area contributed by atoms with E-state index in [0.29, 0.717) is 5.75 Å². The maximum atomic E-state index is 12.1. The average Bonchev–Trinajstić information content (AvgIpc) is 2.28. The Bertz CT molecular complexity index is 415. The van der Waals surface area contributed by atoms with Crippen LogP contribution < -0.4 is 5.32 Å². The maximum Gasteiger partial charge on any atom is 0.0439 e. The molecule has 0 heterocycles. The molecule has 0 spiro atoms. The van der Waals surface area contributed by atoms with Crippen LogP contribution in [0.3, 0.4) is 0 Å². The smallest absolute Gasteiger partial charge is 0.0439 e. The van der Waals surface area contributed by atoms with Crippen LogP contribution >= 0.6 is 0 Å². The lowest BCUT2D eigenvalue weighted by atomic mass is 10.0. The lowest BCUT2D eigenvalue weighted by Gasteiger charge is -2.21. The highest BCUT2D eigenvalue weighted by atomic mass is 32.2. The molecule has 2 nitrogen and oxygen atoms in total. The van der Waals surface area contributed by atoms with Crippen molar-refractivity contribution in [3.8, 4) is 0 Å². The standard InChI is InChI=1S/C15H25NOS/c1-6-16-15(10-18(17)11(2)3)14-8-7-12(4)9-13(14)5/h7-9,11,15-16H,6,10H2,1-5H3. The van der Waals surface area contributed by atoms with Gasteiger partial charge in [-0.05, 0) is 31.5 Å². The maximum absolute atomic E-state index is 12.1. The Labute approximate surface area is 114 Å². The van der Waals surface area contributed by atoms with E-state index < -0.39 is 10.8 Å². The summed E-state index contributed by atoms with van der Waals surface area (Å²) in [5.41, 5.74) is 3.83. The Morgan fingerprint density at radius 3 is 2.44 bits per heavy atom. The highest BCUT2D eigenvalue weighted by Gasteiger charge is 2.17. The summed E-state index contributed by atoms with van der Waals surface area (Å²) in [7, 11) is -0.780. The monoisotopic (exact) mass is 267 g/mol. The number of rotatable bonds is 6. The summed E-state index contributed by atoms with van der Waals surface area (Å²) < 4.78 is 12.1. The van der Waals surface area contributed by atoms with Crippen LogP contribution in [0.5, 0.6) is 0 Å². The number of aryl methyl sites for hydroxylation is 2. The summed E-state index contributed by atoms with van der Waals surface area (Å²) in [5.74, 6) is 0.690. The molecule has 2 unspecified atom stereocenters. The summed E-state index contributed by atoms with van der Waals surface area (Å²) in [6.07, 6.45) is 0. The molecular weight excluding hydrogens is 242 g/mol. The Kier molecular flexibility index (Phi) is 6.03. The fourth-order valence-electron chi connectivity index (χ4n) is 2.08. The lowest BCUT2D eigenvalue weighted by molar-refractivity contribution is 0.590. The van der Waals surface area contributed by atoms with Crippen LogP contribution in [0.25, 0.3) is 0 Å². The summed E-state index contributed by atoms with van der Waals surface area (Å²) in [4.78, 5) is 0. The zero-order valence-corrected chi connectivity index (χ0v) is 12.9. The highest BCUT2D eigenvalue weighted by molar-refractivity contribution is 7.85. The molecule has 0 fully saturated rings. The lowest BCUT2D eigenvalue weighted by Crippen LogP contribution is -2.28. The molecule has 0 aliphatic carbocycles. The number of hydrogen-bond donors (Lipinski definition) is 1. The van der Waals surface area contributed by atoms with Crippen LogP contribution in [0, 0.1) is 13.8 Å². The molecule has 0 radical (unpaired) electrons. The molecule has 0 amide bonds. The first-order chi connectivity index (χ1) is 8.45. The van der Waals surface area contributed by atoms with E-state index in [1.54, 1.807) is 0 Å². The molecule has 2 atom stereocenters. The normalized spacial score (nSPS) is 14.8. The Balaban J connectivity index is 2.93. The predicted octanol–water partition coefficient (Wildman–Crippen LogP) is 3.11. The topological polar surface area (TPSA) is 29.1 Å². The third-order valence-electron chi connectivity index (χ3n) is 3.11. The van der Waals surface area contributed by atoms with Gasteiger partial charge in [-0.2, -0.15) is 0 Å². The van der Waals surface area contributed by atoms with Gasteiger partial charge >= 0.3 is 0 Å². The van der Waals surface area contributed by atoms with Gasteiger partial charge in [0, 0.05) is 27.8 Å². The number of benzene rings is 1. The van der Waals surface area contributed by atoms with Crippen LogP contribution in [0.4, 0.5) is 0 Å². The van der Waals surface area contributed by atoms with E-state index in [2.05, 4.69) is 44.3 Å². The van der Waals surface area contributed by atoms with Crippen molar-refractivity contribution >= 4 is 10.8 Å². The zero-order valence-electron chi connectivity index (χ0n) is 12.1. The fourth-order valence-corrected chi connectivity index (χ4v) is 3.09. The van der Waals surface area contributed by atoms with Gasteiger partial charge in [-0.3, -0.25) is 4.21 Å². The first kappa shape index (κ1) is 15.4. The van der Waals surface area contributed by atoms with Gasteiger partial charge in [0.2, 0.25) is 0 Å². The van der Waals surface area contributed by atoms with E-state index >= 15 is 0 Å². The SMILES string of the molecule is CCNC(CS(=O)C(C)C)c1ccc(C)cc1C. The van der Waals surface area contributed by atoms with Gasteiger partial charge in [-0.15, -0.1) is 0 Å². The van der Waals surface area contributed by atoms with Crippen molar-refractivity contribution in [3.05, 3.63) is 34.9 Å². The van der Waals surface area contributed by atoms with Crippen molar-refractivity contribution in [2.75, 3.05) is 12.3 Å². The van der Waals surface area contributed by atoms with Crippen molar-refractivity contribution in [2.24, 2.45) is 0 Å². The van der Waals surface area contributed by atoms with Gasteiger partial charge in [0.1, 0.15) is 0 Å². The van der Waals surface area contributed by atoms with Crippen molar-refractivity contribution in [2.45, 2.75) is 45.9 Å². The molecule has 1 aromatic rings. The van der Waals surface area contributed by atoms with Crippen LogP contribution in [-0.2, 0) is 10.8 Å². The van der Waals surface area contributed by atoms with Crippen LogP contribution in [0.1, 0.15) is 43.5 Å². The molecular formula is C15H25NOS. The van der Waals surface area contributed by atoms with Crippen LogP contribution in [0.2, 0.25) is 0 Å². The Hall–Kier alpha value is -0.670. The number of nitrogens with one attached hydrogen (secondary N) is 1. The molecule has 1 aromatic carbocycles. The molecule has 0 saturated carbocycles. The van der Waals surface area contributed by atoms with Gasteiger partial charge in [-0.25, -0.2) is 0 Å². The predicted molar refractivity (Wildman–Crippen MR) is 80.5 cm³/mol. The molecule has 0 saturated heterocycles. The fraction of sp³-hybridized carbons (Fsp3) is 0.600. The molecule has 0 aromatic heterocycles. The van der Waals surface area contributed by atoms with Crippen molar-refractivity contribution in [1.82, 2.24) is 5.32 Å². The Morgan fingerprint density at radius 1 is 1.28 bits per heavy atom. The molecule has 3 heteroatoms. The summed E-state index contributed by atoms with van der Waals surface area (Å²) in [6.45, 7) is 11.3. The second-order valence-electron chi connectivity index (χ2n) is 5.07. The van der Waals surface area contributed by atoms with E-state index in [4.69, 9.17) is 0 Å². The second-order valence-corrected chi connectivity index (χ2v) is 7.10. The quantitative estimate of drug-likeness (QED) is 0.858. The average molecular weight is 267 g/mol. The first-order valence-corrected chi connectivity index (χ1v) is 8.01. The first-order valence-electron chi connectivity index (χ1n) is 6.63. The minimum Gasteiger partial charge on any atom is -0.309 e. The molecule has 1 N–H and O–H groups in total. The van der Waals surface area contributed by atoms with Crippen LogP contribution in [-0.4, -0.2) is 21.8 Å². The molecule has 0 aliphatic rings. The van der Waals surface area contributed by atoms with E-state index in [0.717, 1.165) is 6.54 Å². The molecule has 0 aliphatic heterocycles. The van der Waals surface area contributed by atoms with E-state index in [1.165, 1.54) is 16.7 Å². The third kappa shape index (κ3) is 4.21. The van der Waals surface area contributed by atoms with Gasteiger partial charge in [-0.1, -0.05) is 44.5 Å². The largest absolute Gasteiger partial charge is 0.309 e. The van der Waals surface area contributed by atoms with E-state index in [9.17, 15) is 4.21 Å². The van der Waals surface area contributed by atoms with E-state index in [-0.39, 0.29) is 11.3 Å². The molecule has 18 heavy (non-hydrogen) atoms. The zero-order chi connectivity index (χ0) is 13.7. The van der Waals surface area contributed by atoms with Gasteiger partial charge in [0.05, 0.1) is 0 Å². The molecule has 102 valence electrons. The molecule has 1 rings (SSSR count).